The average Bonchev–Trinajstić information content (AvgIpc) is 2.85. The number of hydrogen-bond donors (Lipinski definition) is 2. The topological polar surface area (TPSA) is 85.1 Å². The molecule has 5 nitrogen and oxygen atoms in total. The maximum absolute atomic E-state index is 13.6. The third-order valence-corrected chi connectivity index (χ3v) is 5.43. The normalized spacial score (nSPS) is 11.8. The van der Waals surface area contributed by atoms with Crippen LogP contribution >= 0.6 is 22.9 Å². The predicted molar refractivity (Wildman–Crippen MR) is 80.2 cm³/mol. The highest BCUT2D eigenvalue weighted by Gasteiger charge is 2.18. The molecule has 0 radical (unpaired) electrons. The first-order valence-corrected chi connectivity index (χ1v) is 8.60. The van der Waals surface area contributed by atoms with Crippen molar-refractivity contribution in [2.75, 3.05) is 0 Å². The van der Waals surface area contributed by atoms with Crippen LogP contribution in [0.1, 0.15) is 15.4 Å². The summed E-state index contributed by atoms with van der Waals surface area (Å²) in [6, 6.07) is 2.15. The van der Waals surface area contributed by atoms with Crippen molar-refractivity contribution in [2.24, 2.45) is 5.73 Å². The van der Waals surface area contributed by atoms with E-state index in [0.29, 0.717) is 0 Å². The van der Waals surface area contributed by atoms with Gasteiger partial charge in [0.1, 0.15) is 5.82 Å². The second-order valence-corrected chi connectivity index (χ2v) is 7.72. The van der Waals surface area contributed by atoms with Crippen LogP contribution in [0.4, 0.5) is 4.39 Å². The maximum atomic E-state index is 13.6. The third kappa shape index (κ3) is 3.78. The molecule has 0 atom stereocenters. The molecule has 0 unspecified atom stereocenters. The van der Waals surface area contributed by atoms with Gasteiger partial charge in [-0.05, 0) is 24.6 Å². The maximum Gasteiger partial charge on any atom is 0.241 e. The Morgan fingerprint density at radius 1 is 1.48 bits per heavy atom. The van der Waals surface area contributed by atoms with Gasteiger partial charge in [-0.25, -0.2) is 22.5 Å². The molecular formula is C12H13ClFN3O2S2. The molecular weight excluding hydrogens is 337 g/mol. The van der Waals surface area contributed by atoms with Crippen LogP contribution in [0.15, 0.2) is 23.2 Å². The Morgan fingerprint density at radius 3 is 2.76 bits per heavy atom. The summed E-state index contributed by atoms with van der Waals surface area (Å²) in [5, 5.41) is 0.682. The summed E-state index contributed by atoms with van der Waals surface area (Å²) in [5.41, 5.74) is 5.67. The zero-order chi connectivity index (χ0) is 15.6. The zero-order valence-corrected chi connectivity index (χ0v) is 13.4. The largest absolute Gasteiger partial charge is 0.326 e. The smallest absolute Gasteiger partial charge is 0.241 e. The van der Waals surface area contributed by atoms with Gasteiger partial charge in [0.05, 0.1) is 14.9 Å². The van der Waals surface area contributed by atoms with Crippen molar-refractivity contribution in [3.63, 3.8) is 0 Å². The van der Waals surface area contributed by atoms with Crippen molar-refractivity contribution >= 4 is 33.0 Å². The molecule has 0 spiro atoms. The minimum absolute atomic E-state index is 0.0485. The number of nitrogens with one attached hydrogen (secondary N) is 1. The molecule has 0 bridgehead atoms. The predicted octanol–water partition coefficient (Wildman–Crippen LogP) is 2.18. The molecule has 3 N–H and O–H groups in total. The van der Waals surface area contributed by atoms with Crippen molar-refractivity contribution < 1.29 is 12.8 Å². The van der Waals surface area contributed by atoms with Crippen LogP contribution in [0, 0.1) is 12.7 Å². The Kier molecular flexibility index (Phi) is 4.95. The molecule has 0 aliphatic carbocycles. The van der Waals surface area contributed by atoms with E-state index in [1.165, 1.54) is 17.4 Å². The lowest BCUT2D eigenvalue weighted by Gasteiger charge is -2.09. The summed E-state index contributed by atoms with van der Waals surface area (Å²) < 4.78 is 40.4. The standard InChI is InChI=1S/C12H13ClFN3O2S2/c1-7-16-5-9(20-7)6-17-21(18,19)10-2-8(4-15)12(13)11(14)3-10/h2-3,5,17H,4,6,15H2,1H3. The van der Waals surface area contributed by atoms with Gasteiger partial charge in [-0.3, -0.25) is 0 Å². The summed E-state index contributed by atoms with van der Waals surface area (Å²) in [6.45, 7) is 1.87. The molecule has 21 heavy (non-hydrogen) atoms. The highest BCUT2D eigenvalue weighted by molar-refractivity contribution is 7.89. The van der Waals surface area contributed by atoms with Gasteiger partial charge in [-0.2, -0.15) is 0 Å². The van der Waals surface area contributed by atoms with E-state index in [1.807, 2.05) is 6.92 Å². The van der Waals surface area contributed by atoms with Crippen LogP contribution in [0.25, 0.3) is 0 Å². The number of aryl methyl sites for hydroxylation is 1. The lowest BCUT2D eigenvalue weighted by Crippen LogP contribution is -2.23. The summed E-state index contributed by atoms with van der Waals surface area (Å²) >= 11 is 7.10. The number of halogens is 2. The molecule has 1 aromatic heterocycles. The fraction of sp³-hybridized carbons (Fsp3) is 0.250. The summed E-state index contributed by atoms with van der Waals surface area (Å²) in [7, 11) is -3.85. The van der Waals surface area contributed by atoms with Gasteiger partial charge in [-0.1, -0.05) is 11.6 Å². The lowest BCUT2D eigenvalue weighted by atomic mass is 10.2. The van der Waals surface area contributed by atoms with Crippen molar-refractivity contribution in [1.82, 2.24) is 9.71 Å². The lowest BCUT2D eigenvalue weighted by molar-refractivity contribution is 0.577. The van der Waals surface area contributed by atoms with Gasteiger partial charge in [0, 0.05) is 24.2 Å². The quantitative estimate of drug-likeness (QED) is 0.866. The first-order chi connectivity index (χ1) is 9.83. The van der Waals surface area contributed by atoms with E-state index >= 15 is 0 Å². The Hall–Kier alpha value is -1.06. The molecule has 0 fully saturated rings. The number of thiazole rings is 1. The number of benzene rings is 1. The summed E-state index contributed by atoms with van der Waals surface area (Å²) in [5.74, 6) is -0.811. The Labute approximate surface area is 131 Å². The van der Waals surface area contributed by atoms with E-state index < -0.39 is 15.8 Å². The summed E-state index contributed by atoms with van der Waals surface area (Å²) in [4.78, 5) is 4.60. The van der Waals surface area contributed by atoms with Gasteiger partial charge < -0.3 is 5.73 Å². The van der Waals surface area contributed by atoms with E-state index in [4.69, 9.17) is 17.3 Å². The highest BCUT2D eigenvalue weighted by atomic mass is 35.5. The van der Waals surface area contributed by atoms with Crippen LogP contribution in [0.2, 0.25) is 5.02 Å². The fourth-order valence-electron chi connectivity index (χ4n) is 1.66. The third-order valence-electron chi connectivity index (χ3n) is 2.71. The number of sulfonamides is 1. The van der Waals surface area contributed by atoms with Crippen molar-refractivity contribution in [1.29, 1.82) is 0 Å². The molecule has 1 aromatic carbocycles. The summed E-state index contributed by atoms with van der Waals surface area (Å²) in [6.07, 6.45) is 1.59. The van der Waals surface area contributed by atoms with Gasteiger partial charge in [0.2, 0.25) is 10.0 Å². The van der Waals surface area contributed by atoms with E-state index in [0.717, 1.165) is 16.0 Å². The van der Waals surface area contributed by atoms with Crippen molar-refractivity contribution in [2.45, 2.75) is 24.9 Å². The van der Waals surface area contributed by atoms with Crippen LogP contribution in [0.3, 0.4) is 0 Å². The van der Waals surface area contributed by atoms with Gasteiger partial charge in [-0.15, -0.1) is 11.3 Å². The first-order valence-electron chi connectivity index (χ1n) is 5.92. The molecule has 0 amide bonds. The molecule has 0 aliphatic rings. The zero-order valence-electron chi connectivity index (χ0n) is 11.1. The average molecular weight is 350 g/mol. The molecule has 114 valence electrons. The van der Waals surface area contributed by atoms with E-state index in [2.05, 4.69) is 9.71 Å². The van der Waals surface area contributed by atoms with Crippen LogP contribution in [0.5, 0.6) is 0 Å². The molecule has 0 aliphatic heterocycles. The van der Waals surface area contributed by atoms with Gasteiger partial charge in [0.25, 0.3) is 0 Å². The van der Waals surface area contributed by atoms with Crippen molar-refractivity contribution in [3.8, 4) is 0 Å². The van der Waals surface area contributed by atoms with E-state index in [9.17, 15) is 12.8 Å². The van der Waals surface area contributed by atoms with Crippen LogP contribution < -0.4 is 10.5 Å². The molecule has 2 rings (SSSR count). The van der Waals surface area contributed by atoms with E-state index in [1.54, 1.807) is 6.20 Å². The Bertz CT molecular complexity index is 762. The monoisotopic (exact) mass is 349 g/mol. The number of nitrogens with two attached hydrogens (primary N) is 1. The van der Waals surface area contributed by atoms with Crippen molar-refractivity contribution in [3.05, 3.63) is 44.6 Å². The first kappa shape index (κ1) is 16.3. The number of nitrogens with zero attached hydrogens (tertiary/aromatic N) is 1. The van der Waals surface area contributed by atoms with Gasteiger partial charge in [0.15, 0.2) is 0 Å². The minimum Gasteiger partial charge on any atom is -0.326 e. The van der Waals surface area contributed by atoms with Crippen LogP contribution in [-0.4, -0.2) is 13.4 Å². The highest BCUT2D eigenvalue weighted by Crippen LogP contribution is 2.24. The molecule has 2 aromatic rings. The molecule has 9 heteroatoms. The Morgan fingerprint density at radius 2 is 2.19 bits per heavy atom. The Balaban J connectivity index is 2.25. The second kappa shape index (κ2) is 6.37. The SMILES string of the molecule is Cc1ncc(CNS(=O)(=O)c2cc(F)c(Cl)c(CN)c2)s1. The van der Waals surface area contributed by atoms with Gasteiger partial charge >= 0.3 is 0 Å². The van der Waals surface area contributed by atoms with E-state index in [-0.39, 0.29) is 28.6 Å². The number of aromatic nitrogens is 1. The minimum atomic E-state index is -3.85. The molecule has 0 saturated heterocycles. The fourth-order valence-corrected chi connectivity index (χ4v) is 3.74. The van der Waals surface area contributed by atoms with Crippen LogP contribution in [-0.2, 0) is 23.1 Å². The second-order valence-electron chi connectivity index (χ2n) is 4.25. The number of hydrogen-bond acceptors (Lipinski definition) is 5. The number of rotatable bonds is 5. The molecule has 1 heterocycles. The molecule has 0 saturated carbocycles.